The molecule has 1 aromatic rings. The molecule has 1 aliphatic heterocycles. The van der Waals surface area contributed by atoms with Crippen molar-refractivity contribution in [3.8, 4) is 0 Å². The number of ether oxygens (including phenoxy) is 1. The van der Waals surface area contributed by atoms with Crippen LogP contribution in [0.25, 0.3) is 0 Å². The molecule has 158 valence electrons. The van der Waals surface area contributed by atoms with Crippen molar-refractivity contribution >= 4 is 11.6 Å². The quantitative estimate of drug-likeness (QED) is 0.773. The molecule has 2 aliphatic carbocycles. The second kappa shape index (κ2) is 7.84. The van der Waals surface area contributed by atoms with Crippen molar-refractivity contribution < 1.29 is 22.7 Å². The van der Waals surface area contributed by atoms with Crippen molar-refractivity contribution in [1.82, 2.24) is 5.32 Å². The second-order valence-electron chi connectivity index (χ2n) is 8.79. The van der Waals surface area contributed by atoms with Crippen LogP contribution < -0.4 is 5.32 Å². The van der Waals surface area contributed by atoms with Gasteiger partial charge in [0.25, 0.3) is 5.91 Å². The minimum absolute atomic E-state index is 0.0189. The average molecular weight is 408 g/mol. The Kier molecular flexibility index (Phi) is 5.55. The van der Waals surface area contributed by atoms with Gasteiger partial charge in [-0.2, -0.15) is 13.2 Å². The summed E-state index contributed by atoms with van der Waals surface area (Å²) in [6, 6.07) is 3.35. The summed E-state index contributed by atoms with van der Waals surface area (Å²) >= 11 is 0. The smallest absolute Gasteiger partial charge is 0.375 e. The van der Waals surface area contributed by atoms with E-state index in [-0.39, 0.29) is 29.7 Å². The maximum absolute atomic E-state index is 13.1. The summed E-state index contributed by atoms with van der Waals surface area (Å²) in [5.74, 6) is -0.449. The Morgan fingerprint density at radius 2 is 1.93 bits per heavy atom. The largest absolute Gasteiger partial charge is 0.416 e. The first-order valence-corrected chi connectivity index (χ1v) is 10.4. The third kappa shape index (κ3) is 4.72. The van der Waals surface area contributed by atoms with Crippen LogP contribution in [0.3, 0.4) is 0 Å². The lowest BCUT2D eigenvalue weighted by Gasteiger charge is -2.34. The summed E-state index contributed by atoms with van der Waals surface area (Å²) in [4.78, 5) is 17.3. The van der Waals surface area contributed by atoms with Crippen molar-refractivity contribution in [1.29, 1.82) is 0 Å². The zero-order valence-electron chi connectivity index (χ0n) is 16.6. The fourth-order valence-corrected chi connectivity index (χ4v) is 4.49. The van der Waals surface area contributed by atoms with Gasteiger partial charge in [-0.3, -0.25) is 4.79 Å². The number of nitrogens with zero attached hydrogens (tertiary/aromatic N) is 1. The summed E-state index contributed by atoms with van der Waals surface area (Å²) in [6.07, 6.45) is 2.51. The molecule has 2 saturated carbocycles. The van der Waals surface area contributed by atoms with Crippen molar-refractivity contribution in [3.05, 3.63) is 34.9 Å². The molecular weight excluding hydrogens is 381 g/mol. The van der Waals surface area contributed by atoms with Gasteiger partial charge in [0.15, 0.2) is 0 Å². The molecule has 1 heterocycles. The Morgan fingerprint density at radius 1 is 1.21 bits per heavy atom. The van der Waals surface area contributed by atoms with Crippen LogP contribution in [0.1, 0.15) is 79.3 Å². The summed E-state index contributed by atoms with van der Waals surface area (Å²) < 4.78 is 44.8. The summed E-state index contributed by atoms with van der Waals surface area (Å²) in [5.41, 5.74) is 0.733. The van der Waals surface area contributed by atoms with Gasteiger partial charge in [-0.1, -0.05) is 12.8 Å². The number of aliphatic imine (C=N–C) groups is 1. The topological polar surface area (TPSA) is 50.7 Å². The number of rotatable bonds is 4. The Balaban J connectivity index is 1.58. The lowest BCUT2D eigenvalue weighted by molar-refractivity contribution is -0.137. The van der Waals surface area contributed by atoms with E-state index in [1.807, 2.05) is 0 Å². The van der Waals surface area contributed by atoms with E-state index in [4.69, 9.17) is 4.74 Å². The van der Waals surface area contributed by atoms with Gasteiger partial charge in [0, 0.05) is 17.7 Å². The van der Waals surface area contributed by atoms with Crippen molar-refractivity contribution in [2.75, 3.05) is 13.2 Å². The molecule has 0 aromatic heterocycles. The van der Waals surface area contributed by atoms with Gasteiger partial charge in [-0.05, 0) is 68.7 Å². The molecule has 1 aromatic carbocycles. The van der Waals surface area contributed by atoms with Crippen LogP contribution in [0.2, 0.25) is 0 Å². The molecule has 29 heavy (non-hydrogen) atoms. The van der Waals surface area contributed by atoms with E-state index in [9.17, 15) is 18.0 Å². The molecule has 1 N–H and O–H groups in total. The third-order valence-corrected chi connectivity index (χ3v) is 6.30. The molecule has 1 atom stereocenters. The highest BCUT2D eigenvalue weighted by atomic mass is 19.4. The van der Waals surface area contributed by atoms with Gasteiger partial charge < -0.3 is 10.1 Å². The highest BCUT2D eigenvalue weighted by Gasteiger charge is 2.36. The maximum Gasteiger partial charge on any atom is 0.416 e. The van der Waals surface area contributed by atoms with Gasteiger partial charge in [-0.25, -0.2) is 4.99 Å². The van der Waals surface area contributed by atoms with Crippen LogP contribution in [0, 0.1) is 0 Å². The second-order valence-corrected chi connectivity index (χ2v) is 8.79. The van der Waals surface area contributed by atoms with Crippen molar-refractivity contribution in [2.24, 2.45) is 4.99 Å². The predicted octanol–water partition coefficient (Wildman–Crippen LogP) is 4.88. The first kappa shape index (κ1) is 20.5. The Morgan fingerprint density at radius 3 is 2.59 bits per heavy atom. The minimum Gasteiger partial charge on any atom is -0.375 e. The summed E-state index contributed by atoms with van der Waals surface area (Å²) in [6.45, 7) is 3.09. The number of amides is 1. The number of alkyl halides is 3. The third-order valence-electron chi connectivity index (χ3n) is 6.30. The fraction of sp³-hybridized carbons (Fsp3) is 0.636. The van der Waals surface area contributed by atoms with Crippen LogP contribution in [-0.2, 0) is 10.9 Å². The molecule has 1 saturated heterocycles. The number of halogens is 3. The van der Waals surface area contributed by atoms with E-state index in [1.165, 1.54) is 18.9 Å². The van der Waals surface area contributed by atoms with Crippen molar-refractivity contribution in [2.45, 2.75) is 75.5 Å². The predicted molar refractivity (Wildman–Crippen MR) is 104 cm³/mol. The molecule has 4 nitrogen and oxygen atoms in total. The first-order valence-electron chi connectivity index (χ1n) is 10.4. The number of benzene rings is 1. The van der Waals surface area contributed by atoms with Crippen molar-refractivity contribution in [3.63, 3.8) is 0 Å². The maximum atomic E-state index is 13.1. The Labute approximate surface area is 168 Å². The molecule has 0 spiro atoms. The molecule has 0 bridgehead atoms. The number of hydrogen-bond donors (Lipinski definition) is 1. The van der Waals surface area contributed by atoms with Gasteiger partial charge >= 0.3 is 6.18 Å². The zero-order chi connectivity index (χ0) is 20.6. The van der Waals surface area contributed by atoms with E-state index in [2.05, 4.69) is 17.2 Å². The summed E-state index contributed by atoms with van der Waals surface area (Å²) in [7, 11) is 0. The Bertz CT molecular complexity index is 809. The van der Waals surface area contributed by atoms with Gasteiger partial charge in [0.05, 0.1) is 23.9 Å². The number of carbonyl (C=O) groups is 1. The molecular formula is C22H27F3N2O2. The van der Waals surface area contributed by atoms with E-state index in [1.54, 1.807) is 0 Å². The average Bonchev–Trinajstić information content (AvgIpc) is 3.43. The summed E-state index contributed by atoms with van der Waals surface area (Å²) in [5, 5.41) is 3.67. The fourth-order valence-electron chi connectivity index (χ4n) is 4.49. The van der Waals surface area contributed by atoms with E-state index in [0.29, 0.717) is 17.9 Å². The molecule has 4 rings (SSSR count). The van der Waals surface area contributed by atoms with Crippen LogP contribution in [-0.4, -0.2) is 36.4 Å². The monoisotopic (exact) mass is 408 g/mol. The number of nitrogens with one attached hydrogen (secondary N) is 1. The molecule has 7 heteroatoms. The number of hydrogen-bond acceptors (Lipinski definition) is 3. The molecule has 3 aliphatic rings. The molecule has 0 radical (unpaired) electrons. The van der Waals surface area contributed by atoms with Gasteiger partial charge in [-0.15, -0.1) is 0 Å². The molecule has 1 amide bonds. The first-order chi connectivity index (χ1) is 13.8. The minimum atomic E-state index is -4.42. The van der Waals surface area contributed by atoms with E-state index in [0.717, 1.165) is 44.2 Å². The highest BCUT2D eigenvalue weighted by Crippen LogP contribution is 2.44. The zero-order valence-corrected chi connectivity index (χ0v) is 16.6. The van der Waals surface area contributed by atoms with E-state index >= 15 is 0 Å². The highest BCUT2D eigenvalue weighted by molar-refractivity contribution is 6.07. The van der Waals surface area contributed by atoms with Crippen LogP contribution >= 0.6 is 0 Å². The van der Waals surface area contributed by atoms with Crippen LogP contribution in [0.15, 0.2) is 23.2 Å². The normalized spacial score (nSPS) is 26.1. The standard InChI is InChI=1S/C22H27F3N2O2/c1-21(9-2-3-10-21)27-18-8-11-29-13-19(18)26-20(28)16-7-6-15(22(23,24)25)12-17(16)14-4-5-14/h6-7,12,14,18,27H,2-5,8-11,13H2,1H3. The molecule has 1 unspecified atom stereocenters. The lowest BCUT2D eigenvalue weighted by atomic mass is 9.95. The number of carbonyl (C=O) groups excluding carboxylic acids is 1. The SMILES string of the molecule is CC1(NC2CCOCC2=NC(=O)c2ccc(C(F)(F)F)cc2C2CC2)CCCC1. The van der Waals surface area contributed by atoms with Gasteiger partial charge in [0.2, 0.25) is 0 Å². The van der Waals surface area contributed by atoms with Crippen LogP contribution in [0.5, 0.6) is 0 Å². The Hall–Kier alpha value is -1.73. The van der Waals surface area contributed by atoms with E-state index < -0.39 is 17.6 Å². The van der Waals surface area contributed by atoms with Crippen LogP contribution in [0.4, 0.5) is 13.2 Å². The van der Waals surface area contributed by atoms with Gasteiger partial charge in [0.1, 0.15) is 0 Å². The lowest BCUT2D eigenvalue weighted by Crippen LogP contribution is -2.53. The molecule has 3 fully saturated rings.